The molecule has 0 unspecified atom stereocenters. The molecule has 0 saturated heterocycles. The van der Waals surface area contributed by atoms with Crippen molar-refractivity contribution in [3.63, 3.8) is 0 Å². The van der Waals surface area contributed by atoms with Crippen molar-refractivity contribution in [2.24, 2.45) is 5.10 Å². The van der Waals surface area contributed by atoms with Gasteiger partial charge < -0.3 is 9.47 Å². The molecule has 190 valence electrons. The van der Waals surface area contributed by atoms with Crippen molar-refractivity contribution in [3.8, 4) is 22.9 Å². The van der Waals surface area contributed by atoms with E-state index in [-0.39, 0.29) is 5.56 Å². The monoisotopic (exact) mass is 587 g/mol. The second-order valence-electron chi connectivity index (χ2n) is 8.58. The molecule has 5 rings (SSSR count). The summed E-state index contributed by atoms with van der Waals surface area (Å²) in [6, 6.07) is 26.5. The summed E-state index contributed by atoms with van der Waals surface area (Å²) in [4.78, 5) is 18.2. The predicted molar refractivity (Wildman–Crippen MR) is 156 cm³/mol. The number of hydrogen-bond acceptors (Lipinski definition) is 5. The van der Waals surface area contributed by atoms with Crippen LogP contribution in [0.5, 0.6) is 11.5 Å². The molecule has 0 amide bonds. The minimum Gasteiger partial charge on any atom is -0.493 e. The molecule has 8 heteroatoms. The molecule has 0 fully saturated rings. The highest BCUT2D eigenvalue weighted by Crippen LogP contribution is 2.42. The van der Waals surface area contributed by atoms with Crippen LogP contribution in [-0.4, -0.2) is 23.0 Å². The number of aromatic nitrogens is 2. The number of hydrogen-bond donors (Lipinski definition) is 0. The fourth-order valence-corrected chi connectivity index (χ4v) is 4.72. The molecular formula is C30H23BrClN3O3. The molecule has 0 aliphatic heterocycles. The van der Waals surface area contributed by atoms with Gasteiger partial charge in [-0.2, -0.15) is 9.78 Å². The molecule has 0 N–H and O–H groups in total. The highest BCUT2D eigenvalue weighted by atomic mass is 79.9. The van der Waals surface area contributed by atoms with Crippen LogP contribution < -0.4 is 15.0 Å². The van der Waals surface area contributed by atoms with E-state index in [2.05, 4.69) is 27.1 Å². The van der Waals surface area contributed by atoms with Gasteiger partial charge in [0.1, 0.15) is 11.6 Å². The summed E-state index contributed by atoms with van der Waals surface area (Å²) in [5, 5.41) is 5.35. The zero-order chi connectivity index (χ0) is 26.6. The number of nitrogens with zero attached hydrogens (tertiary/aromatic N) is 3. The van der Waals surface area contributed by atoms with Crippen LogP contribution in [0.1, 0.15) is 16.7 Å². The summed E-state index contributed by atoms with van der Waals surface area (Å²) in [5.74, 6) is 1.28. The van der Waals surface area contributed by atoms with Gasteiger partial charge in [0.25, 0.3) is 5.56 Å². The largest absolute Gasteiger partial charge is 0.493 e. The van der Waals surface area contributed by atoms with Crippen molar-refractivity contribution in [3.05, 3.63) is 121 Å². The SMILES string of the molecule is COc1cc(C=Nn2c(-c3ccccc3)nc3ccccc3c2=O)c(Br)c(Cl)c1OCc1cccc(C)c1. The van der Waals surface area contributed by atoms with Crippen LogP contribution in [0.15, 0.2) is 99.3 Å². The Morgan fingerprint density at radius 1 is 1.03 bits per heavy atom. The minimum atomic E-state index is -0.280. The third-order valence-corrected chi connectivity index (χ3v) is 7.38. The van der Waals surface area contributed by atoms with Crippen molar-refractivity contribution in [1.29, 1.82) is 0 Å². The smallest absolute Gasteiger partial charge is 0.282 e. The first kappa shape index (κ1) is 25.7. The van der Waals surface area contributed by atoms with Crippen molar-refractivity contribution in [1.82, 2.24) is 9.66 Å². The summed E-state index contributed by atoms with van der Waals surface area (Å²) in [7, 11) is 1.55. The van der Waals surface area contributed by atoms with E-state index in [1.807, 2.05) is 67.6 Å². The van der Waals surface area contributed by atoms with E-state index in [1.165, 1.54) is 4.68 Å². The highest BCUT2D eigenvalue weighted by molar-refractivity contribution is 9.10. The van der Waals surface area contributed by atoms with Crippen molar-refractivity contribution >= 4 is 44.6 Å². The average molecular weight is 589 g/mol. The second-order valence-corrected chi connectivity index (χ2v) is 9.75. The Morgan fingerprint density at radius 3 is 2.55 bits per heavy atom. The number of para-hydroxylation sites is 1. The van der Waals surface area contributed by atoms with Gasteiger partial charge in [-0.1, -0.05) is 83.9 Å². The number of rotatable bonds is 7. The number of fused-ring (bicyclic) bond motifs is 1. The number of aryl methyl sites for hydroxylation is 1. The molecule has 5 aromatic rings. The van der Waals surface area contributed by atoms with Crippen LogP contribution in [0.2, 0.25) is 5.02 Å². The van der Waals surface area contributed by atoms with Crippen LogP contribution in [0.4, 0.5) is 0 Å². The van der Waals surface area contributed by atoms with Gasteiger partial charge in [0.05, 0.1) is 24.2 Å². The van der Waals surface area contributed by atoms with Gasteiger partial charge in [-0.05, 0) is 46.6 Å². The van der Waals surface area contributed by atoms with Crippen molar-refractivity contribution < 1.29 is 9.47 Å². The Morgan fingerprint density at radius 2 is 1.79 bits per heavy atom. The molecular weight excluding hydrogens is 566 g/mol. The van der Waals surface area contributed by atoms with Gasteiger partial charge in [0.15, 0.2) is 17.3 Å². The van der Waals surface area contributed by atoms with Crippen LogP contribution >= 0.6 is 27.5 Å². The molecule has 0 atom stereocenters. The maximum absolute atomic E-state index is 13.4. The molecule has 0 radical (unpaired) electrons. The van der Waals surface area contributed by atoms with Gasteiger partial charge in [-0.25, -0.2) is 4.98 Å². The lowest BCUT2D eigenvalue weighted by Crippen LogP contribution is -2.20. The first-order valence-electron chi connectivity index (χ1n) is 11.8. The van der Waals surface area contributed by atoms with Crippen LogP contribution in [0, 0.1) is 6.92 Å². The molecule has 0 aliphatic rings. The van der Waals surface area contributed by atoms with Crippen LogP contribution in [0.3, 0.4) is 0 Å². The first-order chi connectivity index (χ1) is 18.5. The van der Waals surface area contributed by atoms with E-state index in [9.17, 15) is 4.79 Å². The van der Waals surface area contributed by atoms with E-state index in [1.54, 1.807) is 31.5 Å². The third-order valence-electron chi connectivity index (χ3n) is 5.94. The lowest BCUT2D eigenvalue weighted by Gasteiger charge is -2.15. The summed E-state index contributed by atoms with van der Waals surface area (Å²) in [6.45, 7) is 2.36. The summed E-state index contributed by atoms with van der Waals surface area (Å²) < 4.78 is 13.5. The van der Waals surface area contributed by atoms with Gasteiger partial charge in [-0.15, -0.1) is 0 Å². The van der Waals surface area contributed by atoms with E-state index in [0.717, 1.165) is 16.7 Å². The Balaban J connectivity index is 1.56. The molecule has 0 spiro atoms. The fourth-order valence-electron chi connectivity index (χ4n) is 4.07. The van der Waals surface area contributed by atoms with Crippen LogP contribution in [-0.2, 0) is 6.61 Å². The minimum absolute atomic E-state index is 0.280. The van der Waals surface area contributed by atoms with Crippen molar-refractivity contribution in [2.75, 3.05) is 7.11 Å². The highest BCUT2D eigenvalue weighted by Gasteiger charge is 2.18. The molecule has 0 saturated carbocycles. The molecule has 6 nitrogen and oxygen atoms in total. The molecule has 0 bridgehead atoms. The standard InChI is InChI=1S/C30H23BrClN3O3/c1-19-9-8-10-20(15-19)18-38-28-25(37-2)16-22(26(31)27(28)32)17-33-35-29(21-11-4-3-5-12-21)34-24-14-7-6-13-23(24)30(35)36/h3-17H,18H2,1-2H3. The summed E-state index contributed by atoms with van der Waals surface area (Å²) in [5.41, 5.74) is 3.85. The third kappa shape index (κ3) is 5.21. The van der Waals surface area contributed by atoms with Crippen LogP contribution in [0.25, 0.3) is 22.3 Å². The zero-order valence-corrected chi connectivity index (χ0v) is 23.0. The molecule has 0 aliphatic carbocycles. The Labute approximate surface area is 233 Å². The van der Waals surface area contributed by atoms with Gasteiger partial charge in [0, 0.05) is 15.6 Å². The lowest BCUT2D eigenvalue weighted by atomic mass is 10.1. The Hall–Kier alpha value is -3.94. The van der Waals surface area contributed by atoms with Gasteiger partial charge in [0.2, 0.25) is 0 Å². The maximum Gasteiger partial charge on any atom is 0.282 e. The second kappa shape index (κ2) is 11.2. The maximum atomic E-state index is 13.4. The average Bonchev–Trinajstić information content (AvgIpc) is 2.94. The summed E-state index contributed by atoms with van der Waals surface area (Å²) >= 11 is 10.3. The quantitative estimate of drug-likeness (QED) is 0.188. The van der Waals surface area contributed by atoms with E-state index in [0.29, 0.717) is 49.9 Å². The number of benzene rings is 4. The molecule has 1 heterocycles. The number of halogens is 2. The van der Waals surface area contributed by atoms with Gasteiger partial charge >= 0.3 is 0 Å². The fraction of sp³-hybridized carbons (Fsp3) is 0.100. The summed E-state index contributed by atoms with van der Waals surface area (Å²) in [6.07, 6.45) is 1.55. The number of methoxy groups -OCH3 is 1. The molecule has 1 aromatic heterocycles. The normalized spacial score (nSPS) is 11.3. The topological polar surface area (TPSA) is 65.7 Å². The van der Waals surface area contributed by atoms with Gasteiger partial charge in [-0.3, -0.25) is 4.79 Å². The zero-order valence-electron chi connectivity index (χ0n) is 20.7. The first-order valence-corrected chi connectivity index (χ1v) is 13.0. The molecule has 4 aromatic carbocycles. The Bertz CT molecular complexity index is 1720. The van der Waals surface area contributed by atoms with E-state index in [4.69, 9.17) is 26.1 Å². The van der Waals surface area contributed by atoms with Crippen molar-refractivity contribution in [2.45, 2.75) is 13.5 Å². The Kier molecular flexibility index (Phi) is 7.58. The molecule has 38 heavy (non-hydrogen) atoms. The van der Waals surface area contributed by atoms with E-state index < -0.39 is 0 Å². The predicted octanol–water partition coefficient (Wildman–Crippen LogP) is 7.26. The van der Waals surface area contributed by atoms with E-state index >= 15 is 0 Å². The lowest BCUT2D eigenvalue weighted by molar-refractivity contribution is 0.284. The number of ether oxygens (including phenoxy) is 2.